The molecule has 2 aliphatic rings. The molecular formula is C14H18Cl3N3O3S. The van der Waals surface area contributed by atoms with Crippen LogP contribution in [0.4, 0.5) is 0 Å². The van der Waals surface area contributed by atoms with E-state index in [1.807, 2.05) is 0 Å². The van der Waals surface area contributed by atoms with Gasteiger partial charge in [-0.1, -0.05) is 23.2 Å². The molecule has 2 fully saturated rings. The third-order valence-corrected chi connectivity index (χ3v) is 6.81. The second kappa shape index (κ2) is 7.76. The number of carbonyl (C=O) groups is 1. The normalized spacial score (nSPS) is 19.5. The van der Waals surface area contributed by atoms with E-state index in [4.69, 9.17) is 23.2 Å². The topological polar surface area (TPSA) is 69.7 Å². The van der Waals surface area contributed by atoms with Gasteiger partial charge in [-0.3, -0.25) is 4.79 Å². The quantitative estimate of drug-likeness (QED) is 0.813. The van der Waals surface area contributed by atoms with Crippen molar-refractivity contribution in [1.82, 2.24) is 14.5 Å². The Morgan fingerprint density at radius 1 is 1.12 bits per heavy atom. The molecule has 0 atom stereocenters. The van der Waals surface area contributed by atoms with Gasteiger partial charge in [-0.15, -0.1) is 12.4 Å². The summed E-state index contributed by atoms with van der Waals surface area (Å²) < 4.78 is 26.8. The van der Waals surface area contributed by atoms with Crippen LogP contribution < -0.4 is 5.32 Å². The zero-order valence-electron chi connectivity index (χ0n) is 12.7. The highest BCUT2D eigenvalue weighted by Gasteiger charge is 2.35. The van der Waals surface area contributed by atoms with Crippen LogP contribution in [0.5, 0.6) is 0 Å². The maximum Gasteiger partial charge on any atom is 0.244 e. The van der Waals surface area contributed by atoms with Crippen LogP contribution in [0.2, 0.25) is 10.0 Å². The SMILES string of the molecule is Cl.O=C(C1CNC1)N1CCN(S(=O)(=O)c2cc(Cl)ccc2Cl)CC1. The van der Waals surface area contributed by atoms with Gasteiger partial charge in [0.2, 0.25) is 15.9 Å². The molecule has 0 radical (unpaired) electrons. The molecule has 2 saturated heterocycles. The molecule has 0 aliphatic carbocycles. The summed E-state index contributed by atoms with van der Waals surface area (Å²) in [5.74, 6) is 0.127. The zero-order chi connectivity index (χ0) is 16.6. The van der Waals surface area contributed by atoms with Gasteiger partial charge in [0.05, 0.1) is 10.9 Å². The van der Waals surface area contributed by atoms with E-state index >= 15 is 0 Å². The van der Waals surface area contributed by atoms with Gasteiger partial charge >= 0.3 is 0 Å². The fourth-order valence-corrected chi connectivity index (χ4v) is 4.84. The van der Waals surface area contributed by atoms with Crippen molar-refractivity contribution in [2.45, 2.75) is 4.90 Å². The van der Waals surface area contributed by atoms with Gasteiger partial charge < -0.3 is 10.2 Å². The van der Waals surface area contributed by atoms with Crippen molar-refractivity contribution in [3.8, 4) is 0 Å². The summed E-state index contributed by atoms with van der Waals surface area (Å²) in [5, 5.41) is 3.53. The Bertz CT molecular complexity index is 717. The Hall–Kier alpha value is -0.570. The molecule has 0 bridgehead atoms. The smallest absolute Gasteiger partial charge is 0.244 e. The lowest BCUT2D eigenvalue weighted by Crippen LogP contribution is -2.57. The van der Waals surface area contributed by atoms with Crippen LogP contribution in [0.25, 0.3) is 0 Å². The largest absolute Gasteiger partial charge is 0.340 e. The van der Waals surface area contributed by atoms with Crippen molar-refractivity contribution < 1.29 is 13.2 Å². The maximum absolute atomic E-state index is 12.7. The average Bonchev–Trinajstić information content (AvgIpc) is 2.48. The van der Waals surface area contributed by atoms with Gasteiger partial charge in [0.1, 0.15) is 4.90 Å². The Morgan fingerprint density at radius 3 is 2.29 bits per heavy atom. The second-order valence-electron chi connectivity index (χ2n) is 5.66. The van der Waals surface area contributed by atoms with E-state index < -0.39 is 10.0 Å². The van der Waals surface area contributed by atoms with Gasteiger partial charge in [-0.2, -0.15) is 4.31 Å². The fourth-order valence-electron chi connectivity index (χ4n) is 2.68. The number of hydrogen-bond donors (Lipinski definition) is 1. The number of hydrogen-bond acceptors (Lipinski definition) is 4. The summed E-state index contributed by atoms with van der Waals surface area (Å²) in [6.07, 6.45) is 0. The van der Waals surface area contributed by atoms with E-state index in [-0.39, 0.29) is 47.2 Å². The van der Waals surface area contributed by atoms with Gasteiger partial charge in [0, 0.05) is 44.3 Å². The van der Waals surface area contributed by atoms with Crippen LogP contribution in [0.3, 0.4) is 0 Å². The maximum atomic E-state index is 12.7. The first kappa shape index (κ1) is 19.8. The lowest BCUT2D eigenvalue weighted by molar-refractivity contribution is -0.138. The lowest BCUT2D eigenvalue weighted by atomic mass is 10.0. The van der Waals surface area contributed by atoms with Crippen LogP contribution in [0.15, 0.2) is 23.1 Å². The Morgan fingerprint density at radius 2 is 1.75 bits per heavy atom. The minimum absolute atomic E-state index is 0. The fraction of sp³-hybridized carbons (Fsp3) is 0.500. The van der Waals surface area contributed by atoms with Crippen molar-refractivity contribution >= 4 is 51.5 Å². The van der Waals surface area contributed by atoms with Crippen molar-refractivity contribution in [2.75, 3.05) is 39.3 Å². The molecule has 134 valence electrons. The first-order chi connectivity index (χ1) is 10.9. The van der Waals surface area contributed by atoms with Crippen molar-refractivity contribution in [3.63, 3.8) is 0 Å². The number of nitrogens with zero attached hydrogens (tertiary/aromatic N) is 2. The number of piperazine rings is 1. The molecule has 0 saturated carbocycles. The minimum atomic E-state index is -3.71. The predicted octanol–water partition coefficient (Wildman–Crippen LogP) is 1.47. The molecule has 1 N–H and O–H groups in total. The number of halogens is 3. The van der Waals surface area contributed by atoms with Crippen LogP contribution in [-0.4, -0.2) is 62.8 Å². The van der Waals surface area contributed by atoms with Crippen LogP contribution in [0.1, 0.15) is 0 Å². The van der Waals surface area contributed by atoms with E-state index in [0.29, 0.717) is 31.2 Å². The second-order valence-corrected chi connectivity index (χ2v) is 8.41. The van der Waals surface area contributed by atoms with Crippen molar-refractivity contribution in [2.24, 2.45) is 5.92 Å². The summed E-state index contributed by atoms with van der Waals surface area (Å²) in [6.45, 7) is 2.72. The van der Waals surface area contributed by atoms with Crippen molar-refractivity contribution in [3.05, 3.63) is 28.2 Å². The van der Waals surface area contributed by atoms with Gasteiger partial charge in [0.25, 0.3) is 0 Å². The van der Waals surface area contributed by atoms with Crippen molar-refractivity contribution in [1.29, 1.82) is 0 Å². The van der Waals surface area contributed by atoms with E-state index in [2.05, 4.69) is 5.32 Å². The molecule has 1 aromatic rings. The first-order valence-corrected chi connectivity index (χ1v) is 9.54. The Balaban J connectivity index is 0.00000208. The van der Waals surface area contributed by atoms with Crippen LogP contribution >= 0.6 is 35.6 Å². The molecule has 0 unspecified atom stereocenters. The van der Waals surface area contributed by atoms with Gasteiger partial charge in [-0.25, -0.2) is 8.42 Å². The predicted molar refractivity (Wildman–Crippen MR) is 95.4 cm³/mol. The van der Waals surface area contributed by atoms with Crippen LogP contribution in [0, 0.1) is 5.92 Å². The number of sulfonamides is 1. The number of carbonyl (C=O) groups excluding carboxylic acids is 1. The molecular weight excluding hydrogens is 397 g/mol. The van der Waals surface area contributed by atoms with Gasteiger partial charge in [-0.05, 0) is 18.2 Å². The third kappa shape index (κ3) is 3.81. The lowest BCUT2D eigenvalue weighted by Gasteiger charge is -2.38. The first-order valence-electron chi connectivity index (χ1n) is 7.34. The van der Waals surface area contributed by atoms with Crippen LogP contribution in [-0.2, 0) is 14.8 Å². The minimum Gasteiger partial charge on any atom is -0.340 e. The Labute approximate surface area is 157 Å². The molecule has 2 aliphatic heterocycles. The Kier molecular flexibility index (Phi) is 6.39. The number of benzene rings is 1. The molecule has 24 heavy (non-hydrogen) atoms. The molecule has 1 aromatic carbocycles. The zero-order valence-corrected chi connectivity index (χ0v) is 15.9. The summed E-state index contributed by atoms with van der Waals surface area (Å²) >= 11 is 11.9. The van der Waals surface area contributed by atoms with E-state index in [9.17, 15) is 13.2 Å². The number of amides is 1. The molecule has 10 heteroatoms. The highest BCUT2D eigenvalue weighted by atomic mass is 35.5. The molecule has 0 aromatic heterocycles. The van der Waals surface area contributed by atoms with Gasteiger partial charge in [0.15, 0.2) is 0 Å². The molecule has 1 amide bonds. The molecule has 3 rings (SSSR count). The average molecular weight is 415 g/mol. The number of nitrogens with one attached hydrogen (secondary N) is 1. The molecule has 0 spiro atoms. The highest BCUT2D eigenvalue weighted by Crippen LogP contribution is 2.28. The monoisotopic (exact) mass is 413 g/mol. The summed E-state index contributed by atoms with van der Waals surface area (Å²) in [5.41, 5.74) is 0. The number of rotatable bonds is 3. The standard InChI is InChI=1S/C14H17Cl2N3O3S.ClH/c15-11-1-2-12(16)13(7-11)23(21,22)19-5-3-18(4-6-19)14(20)10-8-17-9-10;/h1-2,7,10,17H,3-6,8-9H2;1H. The summed E-state index contributed by atoms with van der Waals surface area (Å²) in [4.78, 5) is 13.9. The summed E-state index contributed by atoms with van der Waals surface area (Å²) in [7, 11) is -3.71. The van der Waals surface area contributed by atoms with E-state index in [0.717, 1.165) is 0 Å². The highest BCUT2D eigenvalue weighted by molar-refractivity contribution is 7.89. The molecule has 2 heterocycles. The third-order valence-electron chi connectivity index (χ3n) is 4.19. The van der Waals surface area contributed by atoms with E-state index in [1.165, 1.54) is 16.4 Å². The summed E-state index contributed by atoms with van der Waals surface area (Å²) in [6, 6.07) is 4.38. The molecule has 6 nitrogen and oxygen atoms in total. The van der Waals surface area contributed by atoms with E-state index in [1.54, 1.807) is 11.0 Å².